The number of halogens is 1. The van der Waals surface area contributed by atoms with Gasteiger partial charge in [-0.25, -0.2) is 4.98 Å². The third-order valence-corrected chi connectivity index (χ3v) is 7.87. The van der Waals surface area contributed by atoms with Crippen LogP contribution >= 0.6 is 22.9 Å². The normalized spacial score (nSPS) is 18.7. The molecule has 1 atom stereocenters. The number of fused-ring (bicyclic) bond motifs is 5. The number of rotatable bonds is 2. The van der Waals surface area contributed by atoms with Gasteiger partial charge in [-0.2, -0.15) is 0 Å². The first kappa shape index (κ1) is 20.7. The molecule has 0 bridgehead atoms. The molecular formula is C25H24ClN5OS. The maximum atomic E-state index is 12.7. The molecule has 6 nitrogen and oxygen atoms in total. The third kappa shape index (κ3) is 3.60. The van der Waals surface area contributed by atoms with E-state index in [0.29, 0.717) is 11.6 Å². The Morgan fingerprint density at radius 3 is 2.79 bits per heavy atom. The fourth-order valence-corrected chi connectivity index (χ4v) is 6.08. The number of piperazine rings is 1. The van der Waals surface area contributed by atoms with Crippen LogP contribution in [0.3, 0.4) is 0 Å². The predicted molar refractivity (Wildman–Crippen MR) is 138 cm³/mol. The molecule has 1 saturated heterocycles. The van der Waals surface area contributed by atoms with Gasteiger partial charge in [0.15, 0.2) is 0 Å². The quantitative estimate of drug-likeness (QED) is 0.389. The van der Waals surface area contributed by atoms with Gasteiger partial charge in [0.1, 0.15) is 4.88 Å². The Bertz CT molecular complexity index is 1390. The minimum Gasteiger partial charge on any atom is -0.381 e. The minimum atomic E-state index is -0.0159. The summed E-state index contributed by atoms with van der Waals surface area (Å²) < 4.78 is 1.08. The van der Waals surface area contributed by atoms with Crippen molar-refractivity contribution in [2.45, 2.75) is 13.0 Å². The Labute approximate surface area is 200 Å². The van der Waals surface area contributed by atoms with Crippen molar-refractivity contribution in [1.82, 2.24) is 15.6 Å². The molecule has 2 aliphatic rings. The van der Waals surface area contributed by atoms with Gasteiger partial charge in [0, 0.05) is 65.5 Å². The molecule has 0 unspecified atom stereocenters. The molecule has 0 saturated carbocycles. The number of carbonyl (C=O) groups is 1. The number of hydrogen-bond donors (Lipinski definition) is 3. The van der Waals surface area contributed by atoms with Gasteiger partial charge in [0.05, 0.1) is 21.9 Å². The van der Waals surface area contributed by atoms with Crippen molar-refractivity contribution in [2.24, 2.45) is 0 Å². The summed E-state index contributed by atoms with van der Waals surface area (Å²) in [6.45, 7) is 6.64. The highest BCUT2D eigenvalue weighted by atomic mass is 35.5. The molecule has 1 fully saturated rings. The molecule has 2 aromatic carbocycles. The van der Waals surface area contributed by atoms with Gasteiger partial charge in [-0.1, -0.05) is 11.6 Å². The molecule has 6 rings (SSSR count). The van der Waals surface area contributed by atoms with Gasteiger partial charge in [-0.15, -0.1) is 11.3 Å². The molecule has 3 N–H and O–H groups in total. The first-order valence-electron chi connectivity index (χ1n) is 11.2. The van der Waals surface area contributed by atoms with Crippen molar-refractivity contribution in [3.63, 3.8) is 0 Å². The SMILES string of the molecule is C[C@@H]1CNc2c(sc3ccc4nc(-c5ccc(N6CCNCC6)cc5Cl)ccc4c23)C(=O)N1. The van der Waals surface area contributed by atoms with Gasteiger partial charge in [-0.3, -0.25) is 4.79 Å². The zero-order valence-corrected chi connectivity index (χ0v) is 19.8. The first-order valence-corrected chi connectivity index (χ1v) is 12.4. The van der Waals surface area contributed by atoms with E-state index < -0.39 is 0 Å². The van der Waals surface area contributed by atoms with E-state index >= 15 is 0 Å². The Hall–Kier alpha value is -2.87. The molecule has 2 aromatic heterocycles. The maximum absolute atomic E-state index is 12.7. The Kier molecular flexibility index (Phi) is 5.13. The molecule has 33 heavy (non-hydrogen) atoms. The number of nitrogens with one attached hydrogen (secondary N) is 3. The molecular weight excluding hydrogens is 454 g/mol. The average molecular weight is 478 g/mol. The van der Waals surface area contributed by atoms with Crippen LogP contribution in [0.4, 0.5) is 11.4 Å². The van der Waals surface area contributed by atoms with E-state index in [1.54, 1.807) is 0 Å². The molecule has 0 spiro atoms. The summed E-state index contributed by atoms with van der Waals surface area (Å²) in [6.07, 6.45) is 0. The van der Waals surface area contributed by atoms with Gasteiger partial charge < -0.3 is 20.9 Å². The van der Waals surface area contributed by atoms with Crippen LogP contribution in [0, 0.1) is 0 Å². The minimum absolute atomic E-state index is 0.0159. The second-order valence-corrected chi connectivity index (χ2v) is 10.1. The fraction of sp³-hybridized carbons (Fsp3) is 0.280. The van der Waals surface area contributed by atoms with E-state index in [4.69, 9.17) is 16.6 Å². The summed E-state index contributed by atoms with van der Waals surface area (Å²) in [4.78, 5) is 20.7. The molecule has 8 heteroatoms. The zero-order chi connectivity index (χ0) is 22.5. The molecule has 4 heterocycles. The molecule has 168 valence electrons. The summed E-state index contributed by atoms with van der Waals surface area (Å²) >= 11 is 8.24. The average Bonchev–Trinajstić information content (AvgIpc) is 3.15. The van der Waals surface area contributed by atoms with Crippen LogP contribution in [0.25, 0.3) is 32.2 Å². The van der Waals surface area contributed by atoms with Crippen LogP contribution in [0.2, 0.25) is 5.02 Å². The number of pyridine rings is 1. The summed E-state index contributed by atoms with van der Waals surface area (Å²) in [6, 6.07) is 14.5. The summed E-state index contributed by atoms with van der Waals surface area (Å²) in [5.41, 5.74) is 4.72. The number of thiophene rings is 1. The Balaban J connectivity index is 1.42. The number of hydrogen-bond acceptors (Lipinski definition) is 6. The van der Waals surface area contributed by atoms with Crippen molar-refractivity contribution >= 4 is 61.2 Å². The van der Waals surface area contributed by atoms with Crippen LogP contribution in [-0.4, -0.2) is 49.7 Å². The number of anilines is 2. The second-order valence-electron chi connectivity index (χ2n) is 8.66. The molecule has 0 radical (unpaired) electrons. The summed E-state index contributed by atoms with van der Waals surface area (Å²) in [5.74, 6) is -0.0159. The van der Waals surface area contributed by atoms with Crippen molar-refractivity contribution in [2.75, 3.05) is 42.9 Å². The smallest absolute Gasteiger partial charge is 0.263 e. The zero-order valence-electron chi connectivity index (χ0n) is 18.2. The summed E-state index contributed by atoms with van der Waals surface area (Å²) in [5, 5.41) is 12.7. The molecule has 4 aromatic rings. The van der Waals surface area contributed by atoms with E-state index in [0.717, 1.165) is 74.7 Å². The van der Waals surface area contributed by atoms with E-state index in [1.165, 1.54) is 11.3 Å². The second kappa shape index (κ2) is 8.17. The van der Waals surface area contributed by atoms with Crippen LogP contribution in [0.5, 0.6) is 0 Å². The number of benzene rings is 2. The van der Waals surface area contributed by atoms with E-state index in [2.05, 4.69) is 45.1 Å². The molecule has 2 aliphatic heterocycles. The van der Waals surface area contributed by atoms with E-state index in [9.17, 15) is 4.79 Å². The monoisotopic (exact) mass is 477 g/mol. The van der Waals surface area contributed by atoms with Gasteiger partial charge in [-0.05, 0) is 49.4 Å². The van der Waals surface area contributed by atoms with Crippen molar-refractivity contribution in [3.8, 4) is 11.3 Å². The Morgan fingerprint density at radius 2 is 1.97 bits per heavy atom. The lowest BCUT2D eigenvalue weighted by Gasteiger charge is -2.29. The fourth-order valence-electron chi connectivity index (χ4n) is 4.71. The predicted octanol–water partition coefficient (Wildman–Crippen LogP) is 4.72. The van der Waals surface area contributed by atoms with Crippen LogP contribution in [0.1, 0.15) is 16.6 Å². The molecule has 0 aliphatic carbocycles. The lowest BCUT2D eigenvalue weighted by Crippen LogP contribution is -2.43. The van der Waals surface area contributed by atoms with Gasteiger partial charge >= 0.3 is 0 Å². The number of carbonyl (C=O) groups excluding carboxylic acids is 1. The van der Waals surface area contributed by atoms with Gasteiger partial charge in [0.2, 0.25) is 0 Å². The van der Waals surface area contributed by atoms with E-state index in [-0.39, 0.29) is 11.9 Å². The maximum Gasteiger partial charge on any atom is 0.263 e. The topological polar surface area (TPSA) is 69.3 Å². The Morgan fingerprint density at radius 1 is 1.12 bits per heavy atom. The number of nitrogens with zero attached hydrogens (tertiary/aromatic N) is 2. The number of amides is 1. The van der Waals surface area contributed by atoms with Crippen molar-refractivity contribution in [1.29, 1.82) is 0 Å². The van der Waals surface area contributed by atoms with Crippen molar-refractivity contribution in [3.05, 3.63) is 52.4 Å². The van der Waals surface area contributed by atoms with E-state index in [1.807, 2.05) is 25.1 Å². The highest BCUT2D eigenvalue weighted by molar-refractivity contribution is 7.21. The lowest BCUT2D eigenvalue weighted by molar-refractivity contribution is 0.0949. The van der Waals surface area contributed by atoms with Gasteiger partial charge in [0.25, 0.3) is 5.91 Å². The van der Waals surface area contributed by atoms with Crippen LogP contribution < -0.4 is 20.9 Å². The van der Waals surface area contributed by atoms with Crippen LogP contribution in [-0.2, 0) is 0 Å². The summed E-state index contributed by atoms with van der Waals surface area (Å²) in [7, 11) is 0. The van der Waals surface area contributed by atoms with Crippen LogP contribution in [0.15, 0.2) is 42.5 Å². The van der Waals surface area contributed by atoms with Crippen molar-refractivity contribution < 1.29 is 4.79 Å². The number of aromatic nitrogens is 1. The highest BCUT2D eigenvalue weighted by Gasteiger charge is 2.25. The largest absolute Gasteiger partial charge is 0.381 e. The lowest BCUT2D eigenvalue weighted by atomic mass is 10.1. The standard InChI is InChI=1S/C25H24ClN5OS/c1-14-13-28-23-22-17-4-5-19(30-20(17)6-7-21(22)33-24(23)25(32)29-14)16-3-2-15(12-18(16)26)31-10-8-27-9-11-31/h2-7,12,14,27-28H,8-11,13H2,1H3,(H,29,32)/t14-/m1/s1. The first-order chi connectivity index (χ1) is 16.1. The molecule has 1 amide bonds. The third-order valence-electron chi connectivity index (χ3n) is 6.40. The highest BCUT2D eigenvalue weighted by Crippen LogP contribution is 2.41.